The predicted molar refractivity (Wildman–Crippen MR) is 94.2 cm³/mol. The van der Waals surface area contributed by atoms with Gasteiger partial charge in [-0.05, 0) is 43.5 Å². The maximum atomic E-state index is 12.6. The molecule has 2 aromatic carbocycles. The summed E-state index contributed by atoms with van der Waals surface area (Å²) in [4.78, 5) is 12.5. The molecular weight excluding hydrogens is 324 g/mol. The summed E-state index contributed by atoms with van der Waals surface area (Å²) in [7, 11) is -3.85. The van der Waals surface area contributed by atoms with E-state index in [4.69, 9.17) is 5.14 Å². The van der Waals surface area contributed by atoms with E-state index >= 15 is 0 Å². The highest BCUT2D eigenvalue weighted by Crippen LogP contribution is 2.20. The number of hydrogen-bond donors (Lipinski definition) is 2. The summed E-state index contributed by atoms with van der Waals surface area (Å²) in [6.45, 7) is 5.75. The van der Waals surface area contributed by atoms with Crippen LogP contribution < -0.4 is 10.5 Å². The average Bonchev–Trinajstić information content (AvgIpc) is 2.52. The molecule has 0 spiro atoms. The van der Waals surface area contributed by atoms with E-state index in [-0.39, 0.29) is 16.8 Å². The highest BCUT2D eigenvalue weighted by molar-refractivity contribution is 7.89. The van der Waals surface area contributed by atoms with Crippen LogP contribution in [0.25, 0.3) is 0 Å². The Balaban J connectivity index is 2.29. The van der Waals surface area contributed by atoms with Crippen molar-refractivity contribution >= 4 is 15.9 Å². The van der Waals surface area contributed by atoms with Gasteiger partial charge < -0.3 is 5.32 Å². The first-order valence-electron chi connectivity index (χ1n) is 7.73. The molecule has 0 saturated heterocycles. The lowest BCUT2D eigenvalue weighted by atomic mass is 10.0. The zero-order valence-electron chi connectivity index (χ0n) is 14.0. The number of carbonyl (C=O) groups is 1. The first-order chi connectivity index (χ1) is 11.2. The van der Waals surface area contributed by atoms with Crippen LogP contribution in [0, 0.1) is 13.8 Å². The van der Waals surface area contributed by atoms with Gasteiger partial charge >= 0.3 is 0 Å². The minimum atomic E-state index is -3.85. The number of nitrogens with one attached hydrogen (secondary N) is 1. The molecule has 2 rings (SSSR count). The second kappa shape index (κ2) is 7.15. The fourth-order valence-corrected chi connectivity index (χ4v) is 3.02. The van der Waals surface area contributed by atoms with Crippen molar-refractivity contribution in [2.45, 2.75) is 38.1 Å². The third kappa shape index (κ3) is 4.21. The van der Waals surface area contributed by atoms with E-state index < -0.39 is 10.0 Å². The topological polar surface area (TPSA) is 89.3 Å². The highest BCUT2D eigenvalue weighted by Gasteiger charge is 2.18. The fourth-order valence-electron chi connectivity index (χ4n) is 2.48. The lowest BCUT2D eigenvalue weighted by Gasteiger charge is -2.18. The van der Waals surface area contributed by atoms with Crippen LogP contribution in [-0.2, 0) is 10.0 Å². The normalized spacial score (nSPS) is 12.7. The summed E-state index contributed by atoms with van der Waals surface area (Å²) in [5.41, 5.74) is 3.17. The average molecular weight is 346 g/mol. The summed E-state index contributed by atoms with van der Waals surface area (Å²) in [5.74, 6) is -0.314. The number of carbonyl (C=O) groups excluding carboxylic acids is 1. The van der Waals surface area contributed by atoms with Crippen molar-refractivity contribution < 1.29 is 13.2 Å². The largest absolute Gasteiger partial charge is 0.345 e. The molecule has 5 nitrogen and oxygen atoms in total. The number of sulfonamides is 1. The molecule has 0 aromatic heterocycles. The summed E-state index contributed by atoms with van der Waals surface area (Å²) in [5, 5.41) is 8.11. The zero-order valence-corrected chi connectivity index (χ0v) is 14.9. The molecule has 0 bridgehead atoms. The van der Waals surface area contributed by atoms with Crippen molar-refractivity contribution in [1.82, 2.24) is 5.32 Å². The van der Waals surface area contributed by atoms with Crippen molar-refractivity contribution in [3.63, 3.8) is 0 Å². The summed E-state index contributed by atoms with van der Waals surface area (Å²) in [6.07, 6.45) is 0.725. The number of amides is 1. The van der Waals surface area contributed by atoms with Crippen LogP contribution in [0.1, 0.15) is 46.4 Å². The quantitative estimate of drug-likeness (QED) is 0.872. The Morgan fingerprint density at radius 1 is 1.12 bits per heavy atom. The lowest BCUT2D eigenvalue weighted by Crippen LogP contribution is -2.29. The minimum absolute atomic E-state index is 0.0679. The first-order valence-corrected chi connectivity index (χ1v) is 9.28. The Bertz CT molecular complexity index is 843. The van der Waals surface area contributed by atoms with Crippen LogP contribution in [0.4, 0.5) is 0 Å². The van der Waals surface area contributed by atoms with E-state index in [1.165, 1.54) is 12.1 Å². The molecule has 0 fully saturated rings. The van der Waals surface area contributed by atoms with Gasteiger partial charge in [0, 0.05) is 5.56 Å². The maximum Gasteiger partial charge on any atom is 0.252 e. The standard InChI is InChI=1S/C18H22N2O3S/c1-4-17(14-8-5-12(2)6-9-14)20-18(21)16-11-15(24(19,22)23)10-7-13(16)3/h5-11,17H,4H2,1-3H3,(H,20,21)(H2,19,22,23)/t17-/m1/s1. The third-order valence-corrected chi connectivity index (χ3v) is 4.89. The number of benzene rings is 2. The Morgan fingerprint density at radius 3 is 2.29 bits per heavy atom. The van der Waals surface area contributed by atoms with E-state index in [1.54, 1.807) is 13.0 Å². The monoisotopic (exact) mass is 346 g/mol. The van der Waals surface area contributed by atoms with Crippen molar-refractivity contribution in [2.24, 2.45) is 5.14 Å². The minimum Gasteiger partial charge on any atom is -0.345 e. The molecule has 0 unspecified atom stereocenters. The predicted octanol–water partition coefficient (Wildman–Crippen LogP) is 2.83. The molecule has 0 aliphatic heterocycles. The van der Waals surface area contributed by atoms with Gasteiger partial charge in [-0.15, -0.1) is 0 Å². The van der Waals surface area contributed by atoms with Gasteiger partial charge in [0.2, 0.25) is 10.0 Å². The van der Waals surface area contributed by atoms with Gasteiger partial charge in [0.25, 0.3) is 5.91 Å². The van der Waals surface area contributed by atoms with Crippen LogP contribution in [0.15, 0.2) is 47.4 Å². The maximum absolute atomic E-state index is 12.6. The first kappa shape index (κ1) is 18.2. The fraction of sp³-hybridized carbons (Fsp3) is 0.278. The van der Waals surface area contributed by atoms with Crippen LogP contribution in [0.3, 0.4) is 0 Å². The second-order valence-corrected chi connectivity index (χ2v) is 7.43. The van der Waals surface area contributed by atoms with E-state index in [0.29, 0.717) is 11.1 Å². The molecule has 24 heavy (non-hydrogen) atoms. The van der Waals surface area contributed by atoms with Crippen molar-refractivity contribution in [3.05, 3.63) is 64.7 Å². The second-order valence-electron chi connectivity index (χ2n) is 5.87. The molecule has 128 valence electrons. The molecule has 2 aromatic rings. The molecule has 0 saturated carbocycles. The van der Waals surface area contributed by atoms with E-state index in [2.05, 4.69) is 5.32 Å². The molecule has 0 radical (unpaired) electrons. The number of primary sulfonamides is 1. The molecule has 6 heteroatoms. The Hall–Kier alpha value is -2.18. The molecule has 1 atom stereocenters. The van der Waals surface area contributed by atoms with Gasteiger partial charge in [-0.2, -0.15) is 0 Å². The van der Waals surface area contributed by atoms with Crippen molar-refractivity contribution in [3.8, 4) is 0 Å². The molecule has 0 heterocycles. The van der Waals surface area contributed by atoms with Crippen molar-refractivity contribution in [1.29, 1.82) is 0 Å². The Labute approximate surface area is 142 Å². The zero-order chi connectivity index (χ0) is 17.9. The van der Waals surface area contributed by atoms with E-state index in [9.17, 15) is 13.2 Å². The van der Waals surface area contributed by atoms with Crippen LogP contribution >= 0.6 is 0 Å². The van der Waals surface area contributed by atoms with Gasteiger partial charge in [0.15, 0.2) is 0 Å². The molecule has 3 N–H and O–H groups in total. The van der Waals surface area contributed by atoms with Gasteiger partial charge in [0.05, 0.1) is 10.9 Å². The Morgan fingerprint density at radius 2 is 1.75 bits per heavy atom. The molecule has 0 aliphatic rings. The summed E-state index contributed by atoms with van der Waals surface area (Å²) < 4.78 is 23.0. The highest BCUT2D eigenvalue weighted by atomic mass is 32.2. The van der Waals surface area contributed by atoms with E-state index in [0.717, 1.165) is 17.5 Å². The van der Waals surface area contributed by atoms with Gasteiger partial charge in [0.1, 0.15) is 0 Å². The van der Waals surface area contributed by atoms with Crippen LogP contribution in [0.2, 0.25) is 0 Å². The lowest BCUT2D eigenvalue weighted by molar-refractivity contribution is 0.0934. The van der Waals surface area contributed by atoms with Gasteiger partial charge in [-0.3, -0.25) is 4.79 Å². The van der Waals surface area contributed by atoms with E-state index in [1.807, 2.05) is 38.1 Å². The SMILES string of the molecule is CC[C@@H](NC(=O)c1cc(S(N)(=O)=O)ccc1C)c1ccc(C)cc1. The number of hydrogen-bond acceptors (Lipinski definition) is 3. The van der Waals surface area contributed by atoms with Crippen LogP contribution in [0.5, 0.6) is 0 Å². The van der Waals surface area contributed by atoms with Crippen molar-refractivity contribution in [2.75, 3.05) is 0 Å². The number of nitrogens with two attached hydrogens (primary N) is 1. The van der Waals surface area contributed by atoms with Crippen LogP contribution in [-0.4, -0.2) is 14.3 Å². The smallest absolute Gasteiger partial charge is 0.252 e. The third-order valence-electron chi connectivity index (χ3n) is 3.98. The number of aryl methyl sites for hydroxylation is 2. The van der Waals surface area contributed by atoms with Gasteiger partial charge in [-0.1, -0.05) is 42.8 Å². The number of rotatable bonds is 5. The van der Waals surface area contributed by atoms with Gasteiger partial charge in [-0.25, -0.2) is 13.6 Å². The molecule has 0 aliphatic carbocycles. The summed E-state index contributed by atoms with van der Waals surface area (Å²) >= 11 is 0. The molecule has 1 amide bonds. The Kier molecular flexibility index (Phi) is 5.41. The molecular formula is C18H22N2O3S. The summed E-state index contributed by atoms with van der Waals surface area (Å²) in [6, 6.07) is 12.1.